The maximum atomic E-state index is 5.50. The molecular formula is C12H19N3OS. The van der Waals surface area contributed by atoms with Gasteiger partial charge in [0.05, 0.1) is 12.2 Å². The fourth-order valence-electron chi connectivity index (χ4n) is 1.89. The maximum absolute atomic E-state index is 5.50. The normalized spacial score (nSPS) is 26.5. The van der Waals surface area contributed by atoms with Gasteiger partial charge in [0.1, 0.15) is 11.8 Å². The zero-order valence-electron chi connectivity index (χ0n) is 10.7. The van der Waals surface area contributed by atoms with Crippen molar-refractivity contribution >= 4 is 16.9 Å². The molecule has 0 aliphatic carbocycles. The molecule has 1 N–H and O–H groups in total. The number of aliphatic imine (C=N–C) groups is 1. The molecule has 3 atom stereocenters. The van der Waals surface area contributed by atoms with Crippen LogP contribution in [0.25, 0.3) is 0 Å². The lowest BCUT2D eigenvalue weighted by Crippen LogP contribution is -2.30. The second-order valence-corrected chi connectivity index (χ2v) is 6.05. The predicted octanol–water partition coefficient (Wildman–Crippen LogP) is 2.90. The third-order valence-corrected chi connectivity index (χ3v) is 3.71. The van der Waals surface area contributed by atoms with E-state index in [0.29, 0.717) is 11.3 Å². The average molecular weight is 253 g/mol. The summed E-state index contributed by atoms with van der Waals surface area (Å²) in [5, 5.41) is 4.98. The number of thioether (sulfide) groups is 1. The minimum atomic E-state index is 0.0625. The number of hydrogen-bond acceptors (Lipinski definition) is 5. The monoisotopic (exact) mass is 253 g/mol. The Balaban J connectivity index is 2.01. The molecule has 2 heterocycles. The summed E-state index contributed by atoms with van der Waals surface area (Å²) < 4.78 is 5.50. The van der Waals surface area contributed by atoms with Crippen LogP contribution in [0.4, 0.5) is 0 Å². The SMILES string of the molecule is Cc1cnc(C(C)NC2=NC(C)CC(C)S2)o1. The quantitative estimate of drug-likeness (QED) is 0.880. The summed E-state index contributed by atoms with van der Waals surface area (Å²) in [6.07, 6.45) is 2.89. The van der Waals surface area contributed by atoms with Gasteiger partial charge in [-0.2, -0.15) is 0 Å². The Hall–Kier alpha value is -0.970. The van der Waals surface area contributed by atoms with Gasteiger partial charge in [0.2, 0.25) is 5.89 Å². The zero-order valence-corrected chi connectivity index (χ0v) is 11.5. The largest absolute Gasteiger partial charge is 0.444 e. The molecule has 1 aromatic rings. The van der Waals surface area contributed by atoms with Crippen molar-refractivity contribution in [3.05, 3.63) is 17.8 Å². The number of oxazole rings is 1. The minimum Gasteiger partial charge on any atom is -0.444 e. The van der Waals surface area contributed by atoms with Gasteiger partial charge in [0, 0.05) is 5.25 Å². The van der Waals surface area contributed by atoms with Crippen molar-refractivity contribution in [2.75, 3.05) is 0 Å². The van der Waals surface area contributed by atoms with E-state index < -0.39 is 0 Å². The Bertz CT molecular complexity index is 416. The molecule has 1 aliphatic rings. The predicted molar refractivity (Wildman–Crippen MR) is 71.4 cm³/mol. The van der Waals surface area contributed by atoms with Gasteiger partial charge in [-0.15, -0.1) is 0 Å². The summed E-state index contributed by atoms with van der Waals surface area (Å²) in [5.74, 6) is 1.56. The highest BCUT2D eigenvalue weighted by atomic mass is 32.2. The van der Waals surface area contributed by atoms with Crippen molar-refractivity contribution in [1.82, 2.24) is 10.3 Å². The third kappa shape index (κ3) is 3.25. The number of aromatic nitrogens is 1. The molecular weight excluding hydrogens is 234 g/mol. The van der Waals surface area contributed by atoms with Crippen molar-refractivity contribution in [3.8, 4) is 0 Å². The summed E-state index contributed by atoms with van der Waals surface area (Å²) in [6, 6.07) is 0.458. The van der Waals surface area contributed by atoms with Crippen molar-refractivity contribution < 1.29 is 4.42 Å². The summed E-state index contributed by atoms with van der Waals surface area (Å²) in [4.78, 5) is 8.83. The van der Waals surface area contributed by atoms with E-state index in [4.69, 9.17) is 4.42 Å². The second kappa shape index (κ2) is 5.12. The van der Waals surface area contributed by atoms with Crippen molar-refractivity contribution in [2.24, 2.45) is 4.99 Å². The van der Waals surface area contributed by atoms with Gasteiger partial charge < -0.3 is 9.73 Å². The highest BCUT2D eigenvalue weighted by Crippen LogP contribution is 2.25. The van der Waals surface area contributed by atoms with Crippen molar-refractivity contribution in [3.63, 3.8) is 0 Å². The number of nitrogens with zero attached hydrogens (tertiary/aromatic N) is 2. The van der Waals surface area contributed by atoms with E-state index >= 15 is 0 Å². The van der Waals surface area contributed by atoms with Gasteiger partial charge in [-0.25, -0.2) is 4.98 Å². The molecule has 0 saturated carbocycles. The first-order valence-corrected chi connectivity index (χ1v) is 6.86. The van der Waals surface area contributed by atoms with Crippen LogP contribution in [0.1, 0.15) is 44.9 Å². The number of amidine groups is 1. The Morgan fingerprint density at radius 2 is 2.29 bits per heavy atom. The lowest BCUT2D eigenvalue weighted by molar-refractivity contribution is 0.429. The van der Waals surface area contributed by atoms with Gasteiger partial charge in [-0.3, -0.25) is 4.99 Å². The first-order chi connectivity index (χ1) is 8.04. The molecule has 5 heteroatoms. The van der Waals surface area contributed by atoms with Crippen LogP contribution in [0, 0.1) is 6.92 Å². The topological polar surface area (TPSA) is 50.4 Å². The molecule has 3 unspecified atom stereocenters. The van der Waals surface area contributed by atoms with E-state index in [0.717, 1.165) is 23.2 Å². The molecule has 0 spiro atoms. The first kappa shape index (κ1) is 12.5. The summed E-state index contributed by atoms with van der Waals surface area (Å²) >= 11 is 1.79. The van der Waals surface area contributed by atoms with Crippen molar-refractivity contribution in [2.45, 2.75) is 51.4 Å². The number of aryl methyl sites for hydroxylation is 1. The Kier molecular flexibility index (Phi) is 3.76. The number of hydrogen-bond donors (Lipinski definition) is 1. The highest BCUT2D eigenvalue weighted by Gasteiger charge is 2.21. The van der Waals surface area contributed by atoms with E-state index in [9.17, 15) is 0 Å². The van der Waals surface area contributed by atoms with Gasteiger partial charge in [0.15, 0.2) is 5.17 Å². The van der Waals surface area contributed by atoms with Crippen LogP contribution >= 0.6 is 11.8 Å². The summed E-state index contributed by atoms with van der Waals surface area (Å²) in [7, 11) is 0. The third-order valence-electron chi connectivity index (χ3n) is 2.67. The Morgan fingerprint density at radius 1 is 1.53 bits per heavy atom. The molecule has 0 aromatic carbocycles. The van der Waals surface area contributed by atoms with Crippen LogP contribution in [-0.4, -0.2) is 21.4 Å². The van der Waals surface area contributed by atoms with E-state index in [-0.39, 0.29) is 6.04 Å². The molecule has 0 radical (unpaired) electrons. The van der Waals surface area contributed by atoms with Crippen LogP contribution in [-0.2, 0) is 0 Å². The summed E-state index contributed by atoms with van der Waals surface area (Å²) in [6.45, 7) is 8.33. The van der Waals surface area contributed by atoms with Crippen LogP contribution in [0.15, 0.2) is 15.6 Å². The van der Waals surface area contributed by atoms with Gasteiger partial charge in [0.25, 0.3) is 0 Å². The molecule has 1 aromatic heterocycles. The highest BCUT2D eigenvalue weighted by molar-refractivity contribution is 8.14. The van der Waals surface area contributed by atoms with Gasteiger partial charge in [-0.05, 0) is 27.2 Å². The van der Waals surface area contributed by atoms with Crippen LogP contribution in [0.2, 0.25) is 0 Å². The molecule has 94 valence electrons. The van der Waals surface area contributed by atoms with E-state index in [1.54, 1.807) is 18.0 Å². The zero-order chi connectivity index (χ0) is 12.4. The molecule has 17 heavy (non-hydrogen) atoms. The first-order valence-electron chi connectivity index (χ1n) is 5.98. The number of rotatable bonds is 2. The van der Waals surface area contributed by atoms with Crippen LogP contribution in [0.5, 0.6) is 0 Å². The molecule has 0 saturated heterocycles. The van der Waals surface area contributed by atoms with E-state index in [2.05, 4.69) is 29.1 Å². The average Bonchev–Trinajstić information content (AvgIpc) is 2.63. The molecule has 0 fully saturated rings. The van der Waals surface area contributed by atoms with Crippen LogP contribution in [0.3, 0.4) is 0 Å². The second-order valence-electron chi connectivity index (χ2n) is 4.62. The Labute approximate surface area is 106 Å². The molecule has 2 rings (SSSR count). The van der Waals surface area contributed by atoms with E-state index in [1.807, 2.05) is 13.8 Å². The molecule has 0 amide bonds. The summed E-state index contributed by atoms with van der Waals surface area (Å²) in [5.41, 5.74) is 0. The standard InChI is InChI=1S/C12H19N3OS/c1-7-5-9(3)17-12(14-7)15-10(4)11-13-6-8(2)16-11/h6-7,9-10H,5H2,1-4H3,(H,14,15). The van der Waals surface area contributed by atoms with Gasteiger partial charge in [-0.1, -0.05) is 18.7 Å². The number of nitrogens with one attached hydrogen (secondary N) is 1. The van der Waals surface area contributed by atoms with Crippen LogP contribution < -0.4 is 5.32 Å². The fraction of sp³-hybridized carbons (Fsp3) is 0.667. The molecule has 0 bridgehead atoms. The van der Waals surface area contributed by atoms with Crippen molar-refractivity contribution in [1.29, 1.82) is 0 Å². The lowest BCUT2D eigenvalue weighted by Gasteiger charge is -2.24. The van der Waals surface area contributed by atoms with E-state index in [1.165, 1.54) is 0 Å². The lowest BCUT2D eigenvalue weighted by atomic mass is 10.2. The fourth-order valence-corrected chi connectivity index (χ4v) is 3.13. The minimum absolute atomic E-state index is 0.0625. The molecule has 1 aliphatic heterocycles. The molecule has 4 nitrogen and oxygen atoms in total. The smallest absolute Gasteiger partial charge is 0.216 e. The Morgan fingerprint density at radius 3 is 2.88 bits per heavy atom. The maximum Gasteiger partial charge on any atom is 0.216 e. The van der Waals surface area contributed by atoms with Gasteiger partial charge >= 0.3 is 0 Å².